The lowest BCUT2D eigenvalue weighted by molar-refractivity contribution is -0.384. The molecule has 0 aromatic heterocycles. The zero-order chi connectivity index (χ0) is 17.4. The Kier molecular flexibility index (Phi) is 7.10. The van der Waals surface area contributed by atoms with Crippen molar-refractivity contribution < 1.29 is 19.2 Å². The maximum Gasteiger partial charge on any atom is 0.330 e. The third kappa shape index (κ3) is 6.41. The average molecular weight is 358 g/mol. The van der Waals surface area contributed by atoms with Crippen molar-refractivity contribution in [2.24, 2.45) is 0 Å². The Bertz CT molecular complexity index is 678. The van der Waals surface area contributed by atoms with Crippen molar-refractivity contribution in [2.45, 2.75) is 6.92 Å². The van der Waals surface area contributed by atoms with E-state index in [9.17, 15) is 19.7 Å². The van der Waals surface area contributed by atoms with E-state index in [0.717, 1.165) is 12.2 Å². The molecule has 0 fully saturated rings. The summed E-state index contributed by atoms with van der Waals surface area (Å²) in [6, 6.07) is 3.96. The van der Waals surface area contributed by atoms with Gasteiger partial charge in [-0.2, -0.15) is 0 Å². The first-order valence-electron chi connectivity index (χ1n) is 6.24. The average Bonchev–Trinajstić information content (AvgIpc) is 2.47. The molecule has 8 nitrogen and oxygen atoms in total. The van der Waals surface area contributed by atoms with Crippen LogP contribution in [0.3, 0.4) is 0 Å². The molecule has 0 aliphatic heterocycles. The highest BCUT2D eigenvalue weighted by atomic mass is 35.5. The molecule has 0 atom stereocenters. The Balaban J connectivity index is 2.63. The lowest BCUT2D eigenvalue weighted by atomic mass is 10.3. The molecule has 23 heavy (non-hydrogen) atoms. The van der Waals surface area contributed by atoms with Crippen molar-refractivity contribution in [3.8, 4) is 0 Å². The van der Waals surface area contributed by atoms with Crippen LogP contribution >= 0.6 is 23.8 Å². The Morgan fingerprint density at radius 1 is 1.43 bits per heavy atom. The van der Waals surface area contributed by atoms with Crippen molar-refractivity contribution in [1.82, 2.24) is 5.32 Å². The second-order valence-electron chi connectivity index (χ2n) is 3.95. The number of carbonyl (C=O) groups excluding carboxylic acids is 2. The summed E-state index contributed by atoms with van der Waals surface area (Å²) >= 11 is 10.6. The highest BCUT2D eigenvalue weighted by Gasteiger charge is 2.13. The molecule has 1 rings (SSSR count). The number of nitrogens with zero attached hydrogens (tertiary/aromatic N) is 1. The number of halogens is 1. The van der Waals surface area contributed by atoms with E-state index in [0.29, 0.717) is 0 Å². The van der Waals surface area contributed by atoms with Crippen molar-refractivity contribution in [1.29, 1.82) is 0 Å². The molecule has 1 amide bonds. The number of anilines is 1. The van der Waals surface area contributed by atoms with E-state index in [1.54, 1.807) is 6.92 Å². The first-order valence-corrected chi connectivity index (χ1v) is 7.02. The highest BCUT2D eigenvalue weighted by Crippen LogP contribution is 2.27. The number of rotatable bonds is 5. The van der Waals surface area contributed by atoms with Crippen LogP contribution in [-0.4, -0.2) is 28.5 Å². The van der Waals surface area contributed by atoms with Gasteiger partial charge >= 0.3 is 5.97 Å². The van der Waals surface area contributed by atoms with E-state index >= 15 is 0 Å². The number of ether oxygens (including phenoxy) is 1. The number of hydrogen-bond acceptors (Lipinski definition) is 6. The summed E-state index contributed by atoms with van der Waals surface area (Å²) in [6.07, 6.45) is 1.91. The summed E-state index contributed by atoms with van der Waals surface area (Å²) in [5.74, 6) is -1.31. The predicted octanol–water partition coefficient (Wildman–Crippen LogP) is 2.18. The molecule has 122 valence electrons. The second-order valence-corrected chi connectivity index (χ2v) is 4.77. The topological polar surface area (TPSA) is 111 Å². The van der Waals surface area contributed by atoms with Crippen LogP contribution in [0.4, 0.5) is 11.4 Å². The van der Waals surface area contributed by atoms with Gasteiger partial charge in [-0.1, -0.05) is 11.6 Å². The minimum absolute atomic E-state index is 0.0205. The normalized spacial score (nSPS) is 10.2. The predicted molar refractivity (Wildman–Crippen MR) is 88.2 cm³/mol. The number of nitrogens with one attached hydrogen (secondary N) is 2. The van der Waals surface area contributed by atoms with E-state index < -0.39 is 16.8 Å². The van der Waals surface area contributed by atoms with E-state index in [-0.39, 0.29) is 28.1 Å². The molecule has 0 bridgehead atoms. The summed E-state index contributed by atoms with van der Waals surface area (Å²) in [4.78, 5) is 32.7. The third-order valence-electron chi connectivity index (χ3n) is 2.29. The van der Waals surface area contributed by atoms with Gasteiger partial charge in [-0.15, -0.1) is 0 Å². The van der Waals surface area contributed by atoms with Gasteiger partial charge in [0.1, 0.15) is 5.02 Å². The fourth-order valence-electron chi connectivity index (χ4n) is 1.38. The minimum Gasteiger partial charge on any atom is -0.463 e. The van der Waals surface area contributed by atoms with E-state index in [4.69, 9.17) is 23.8 Å². The number of amides is 1. The molecule has 1 aromatic carbocycles. The fourth-order valence-corrected chi connectivity index (χ4v) is 1.79. The Labute approximate surface area is 141 Å². The number of benzene rings is 1. The van der Waals surface area contributed by atoms with Gasteiger partial charge in [-0.25, -0.2) is 4.79 Å². The van der Waals surface area contributed by atoms with E-state index in [1.165, 1.54) is 18.2 Å². The van der Waals surface area contributed by atoms with Crippen LogP contribution < -0.4 is 10.6 Å². The van der Waals surface area contributed by atoms with Gasteiger partial charge in [0.15, 0.2) is 5.11 Å². The van der Waals surface area contributed by atoms with Gasteiger partial charge in [0, 0.05) is 23.9 Å². The number of nitro benzene ring substituents is 1. The Morgan fingerprint density at radius 2 is 2.13 bits per heavy atom. The van der Waals surface area contributed by atoms with Crippen LogP contribution in [0.1, 0.15) is 6.92 Å². The highest BCUT2D eigenvalue weighted by molar-refractivity contribution is 7.80. The monoisotopic (exact) mass is 357 g/mol. The number of esters is 1. The lowest BCUT2D eigenvalue weighted by Crippen LogP contribution is -2.33. The second kappa shape index (κ2) is 8.81. The first kappa shape index (κ1) is 18.5. The van der Waals surface area contributed by atoms with Crippen LogP contribution in [0.5, 0.6) is 0 Å². The maximum absolute atomic E-state index is 11.5. The molecule has 0 radical (unpaired) electrons. The van der Waals surface area contributed by atoms with Gasteiger partial charge in [0.2, 0.25) is 5.91 Å². The van der Waals surface area contributed by atoms with Crippen molar-refractivity contribution in [3.63, 3.8) is 0 Å². The molecule has 0 unspecified atom stereocenters. The lowest BCUT2D eigenvalue weighted by Gasteiger charge is -2.08. The van der Waals surface area contributed by atoms with Crippen LogP contribution in [-0.2, 0) is 14.3 Å². The van der Waals surface area contributed by atoms with Gasteiger partial charge in [0.05, 0.1) is 11.5 Å². The molecule has 0 heterocycles. The van der Waals surface area contributed by atoms with Gasteiger partial charge in [0.25, 0.3) is 5.69 Å². The first-order chi connectivity index (χ1) is 10.8. The van der Waals surface area contributed by atoms with E-state index in [1.807, 2.05) is 0 Å². The van der Waals surface area contributed by atoms with Crippen molar-refractivity contribution in [3.05, 3.63) is 45.5 Å². The molecule has 0 aliphatic rings. The number of nitro groups is 1. The van der Waals surface area contributed by atoms with Crippen LogP contribution in [0.2, 0.25) is 5.02 Å². The number of carbonyl (C=O) groups is 2. The molecule has 0 saturated carbocycles. The number of thiocarbonyl (C=S) groups is 1. The quantitative estimate of drug-likeness (QED) is 0.273. The molecular formula is C13H12ClN3O5S. The third-order valence-corrected chi connectivity index (χ3v) is 2.82. The zero-order valence-electron chi connectivity index (χ0n) is 11.9. The zero-order valence-corrected chi connectivity index (χ0v) is 13.4. The number of hydrogen-bond donors (Lipinski definition) is 2. The summed E-state index contributed by atoms with van der Waals surface area (Å²) < 4.78 is 4.61. The molecule has 1 aromatic rings. The minimum atomic E-state index is -0.658. The summed E-state index contributed by atoms with van der Waals surface area (Å²) in [5.41, 5.74) is -0.0197. The summed E-state index contributed by atoms with van der Waals surface area (Å²) in [7, 11) is 0. The molecule has 0 aliphatic carbocycles. The summed E-state index contributed by atoms with van der Waals surface area (Å²) in [5, 5.41) is 15.5. The SMILES string of the molecule is CCOC(=O)/C=C/C(=O)NC(=S)Nc1ccc(Cl)c([N+](=O)[O-])c1. The van der Waals surface area contributed by atoms with Gasteiger partial charge in [-0.3, -0.25) is 20.2 Å². The molecule has 10 heteroatoms. The van der Waals surface area contributed by atoms with Gasteiger partial charge in [-0.05, 0) is 31.3 Å². The Morgan fingerprint density at radius 3 is 2.74 bits per heavy atom. The van der Waals surface area contributed by atoms with Crippen molar-refractivity contribution in [2.75, 3.05) is 11.9 Å². The largest absolute Gasteiger partial charge is 0.463 e. The van der Waals surface area contributed by atoms with E-state index in [2.05, 4.69) is 15.4 Å². The molecular weight excluding hydrogens is 346 g/mol. The molecule has 0 saturated heterocycles. The summed E-state index contributed by atoms with van der Waals surface area (Å²) in [6.45, 7) is 1.83. The van der Waals surface area contributed by atoms with Crippen LogP contribution in [0.25, 0.3) is 0 Å². The van der Waals surface area contributed by atoms with Crippen LogP contribution in [0, 0.1) is 10.1 Å². The molecule has 0 spiro atoms. The smallest absolute Gasteiger partial charge is 0.330 e. The maximum atomic E-state index is 11.5. The fraction of sp³-hybridized carbons (Fsp3) is 0.154. The van der Waals surface area contributed by atoms with Gasteiger partial charge < -0.3 is 10.1 Å². The molecule has 2 N–H and O–H groups in total. The van der Waals surface area contributed by atoms with Crippen molar-refractivity contribution >= 4 is 52.2 Å². The standard InChI is InChI=1S/C13H12ClN3O5S/c1-2-22-12(19)6-5-11(18)16-13(23)15-8-3-4-9(14)10(7-8)17(20)21/h3-7H,2H2,1H3,(H2,15,16,18,23)/b6-5+. The Hall–Kier alpha value is -2.52. The van der Waals surface area contributed by atoms with Crippen LogP contribution in [0.15, 0.2) is 30.4 Å².